The molecular formula is C8H7Cl3O. The van der Waals surface area contributed by atoms with Crippen molar-refractivity contribution in [1.82, 2.24) is 0 Å². The molecule has 66 valence electrons. The van der Waals surface area contributed by atoms with Crippen LogP contribution < -0.4 is 0 Å². The van der Waals surface area contributed by atoms with Crippen molar-refractivity contribution in [1.29, 1.82) is 0 Å². The van der Waals surface area contributed by atoms with Gasteiger partial charge in [0.2, 0.25) is 3.79 Å². The number of hydrogen-bond acceptors (Lipinski definition) is 1. The summed E-state index contributed by atoms with van der Waals surface area (Å²) >= 11 is 17.2. The molecular weight excluding hydrogens is 218 g/mol. The number of ketones is 1. The Hall–Kier alpha value is 0.0200. The zero-order chi connectivity index (χ0) is 9.41. The van der Waals surface area contributed by atoms with Crippen LogP contribution in [0.1, 0.15) is 6.92 Å². The van der Waals surface area contributed by atoms with Gasteiger partial charge in [0.1, 0.15) is 0 Å². The molecule has 4 heteroatoms. The second kappa shape index (κ2) is 3.06. The summed E-state index contributed by atoms with van der Waals surface area (Å²) in [5.41, 5.74) is -0.689. The lowest BCUT2D eigenvalue weighted by Crippen LogP contribution is -2.29. The number of carbonyl (C=O) groups is 1. The molecule has 12 heavy (non-hydrogen) atoms. The van der Waals surface area contributed by atoms with E-state index < -0.39 is 9.21 Å². The number of alkyl halides is 3. The van der Waals surface area contributed by atoms with Crippen LogP contribution in [0.25, 0.3) is 0 Å². The lowest BCUT2D eigenvalue weighted by molar-refractivity contribution is -0.110. The minimum absolute atomic E-state index is 0.0817. The number of rotatable bonds is 0. The fourth-order valence-corrected chi connectivity index (χ4v) is 1.19. The van der Waals surface area contributed by atoms with Crippen molar-refractivity contribution < 1.29 is 4.79 Å². The Labute approximate surface area is 86.0 Å². The highest BCUT2D eigenvalue weighted by Crippen LogP contribution is 2.47. The first kappa shape index (κ1) is 10.1. The van der Waals surface area contributed by atoms with Gasteiger partial charge in [-0.3, -0.25) is 4.79 Å². The number of allylic oxidation sites excluding steroid dienone is 4. The summed E-state index contributed by atoms with van der Waals surface area (Å²) in [4.78, 5) is 10.8. The van der Waals surface area contributed by atoms with Gasteiger partial charge in [-0.05, 0) is 19.1 Å². The molecule has 0 spiro atoms. The van der Waals surface area contributed by atoms with Crippen LogP contribution in [-0.2, 0) is 4.79 Å². The topological polar surface area (TPSA) is 17.1 Å². The molecule has 0 fully saturated rings. The minimum Gasteiger partial charge on any atom is -0.290 e. The van der Waals surface area contributed by atoms with Crippen LogP contribution >= 0.6 is 34.8 Å². The normalized spacial score (nSPS) is 21.5. The maximum Gasteiger partial charge on any atom is 0.202 e. The third-order valence-electron chi connectivity index (χ3n) is 1.80. The van der Waals surface area contributed by atoms with E-state index in [1.807, 2.05) is 0 Å². The smallest absolute Gasteiger partial charge is 0.202 e. The molecule has 0 saturated carbocycles. The Morgan fingerprint density at radius 2 is 1.67 bits per heavy atom. The van der Waals surface area contributed by atoms with Crippen LogP contribution in [0.3, 0.4) is 0 Å². The second-order valence-electron chi connectivity index (χ2n) is 2.85. The molecule has 0 unspecified atom stereocenters. The van der Waals surface area contributed by atoms with Crippen LogP contribution in [0, 0.1) is 5.41 Å². The Bertz CT molecular complexity index is 244. The molecule has 0 saturated heterocycles. The molecule has 0 N–H and O–H groups in total. The minimum atomic E-state index is -1.42. The van der Waals surface area contributed by atoms with Crippen molar-refractivity contribution in [3.8, 4) is 0 Å². The molecule has 0 heterocycles. The summed E-state index contributed by atoms with van der Waals surface area (Å²) in [6.07, 6.45) is 6.01. The summed E-state index contributed by atoms with van der Waals surface area (Å²) < 4.78 is -1.42. The van der Waals surface area contributed by atoms with E-state index in [9.17, 15) is 4.79 Å². The van der Waals surface area contributed by atoms with Gasteiger partial charge in [-0.25, -0.2) is 0 Å². The average Bonchev–Trinajstić information content (AvgIpc) is 1.93. The standard InChI is InChI=1S/C8H7Cl3O/c1-7(8(9,10)11)4-2-6(12)3-5-7/h2-5H,1H3. The highest BCUT2D eigenvalue weighted by molar-refractivity contribution is 6.68. The average molecular weight is 226 g/mol. The van der Waals surface area contributed by atoms with E-state index in [1.165, 1.54) is 12.2 Å². The highest BCUT2D eigenvalue weighted by atomic mass is 35.6. The van der Waals surface area contributed by atoms with Gasteiger partial charge in [-0.1, -0.05) is 47.0 Å². The fraction of sp³-hybridized carbons (Fsp3) is 0.375. The molecule has 0 radical (unpaired) electrons. The lowest BCUT2D eigenvalue weighted by atomic mass is 9.88. The van der Waals surface area contributed by atoms with Crippen molar-refractivity contribution in [2.45, 2.75) is 10.7 Å². The van der Waals surface area contributed by atoms with Gasteiger partial charge in [-0.15, -0.1) is 0 Å². The van der Waals surface area contributed by atoms with Gasteiger partial charge < -0.3 is 0 Å². The van der Waals surface area contributed by atoms with E-state index in [-0.39, 0.29) is 5.78 Å². The molecule has 0 aromatic rings. The van der Waals surface area contributed by atoms with E-state index in [0.717, 1.165) is 0 Å². The number of carbonyl (C=O) groups excluding carboxylic acids is 1. The third-order valence-corrected chi connectivity index (χ3v) is 3.02. The van der Waals surface area contributed by atoms with E-state index in [2.05, 4.69) is 0 Å². The van der Waals surface area contributed by atoms with Gasteiger partial charge in [0.25, 0.3) is 0 Å². The van der Waals surface area contributed by atoms with Gasteiger partial charge in [-0.2, -0.15) is 0 Å². The van der Waals surface area contributed by atoms with Crippen molar-refractivity contribution >= 4 is 40.6 Å². The number of halogens is 3. The first-order valence-corrected chi connectivity index (χ1v) is 4.48. The van der Waals surface area contributed by atoms with E-state index in [4.69, 9.17) is 34.8 Å². The molecule has 1 aliphatic carbocycles. The van der Waals surface area contributed by atoms with Crippen molar-refractivity contribution in [3.63, 3.8) is 0 Å². The maximum atomic E-state index is 10.8. The SMILES string of the molecule is CC1(C(Cl)(Cl)Cl)C=CC(=O)C=C1. The monoisotopic (exact) mass is 224 g/mol. The Balaban J connectivity index is 2.97. The first-order chi connectivity index (χ1) is 5.35. The zero-order valence-corrected chi connectivity index (χ0v) is 8.62. The summed E-state index contributed by atoms with van der Waals surface area (Å²) in [5.74, 6) is -0.0817. The molecule has 0 bridgehead atoms. The Morgan fingerprint density at radius 3 is 2.00 bits per heavy atom. The largest absolute Gasteiger partial charge is 0.290 e. The van der Waals surface area contributed by atoms with Gasteiger partial charge >= 0.3 is 0 Å². The lowest BCUT2D eigenvalue weighted by Gasteiger charge is -2.31. The quantitative estimate of drug-likeness (QED) is 0.579. The van der Waals surface area contributed by atoms with Crippen LogP contribution in [0.2, 0.25) is 0 Å². The highest BCUT2D eigenvalue weighted by Gasteiger charge is 2.41. The third kappa shape index (κ3) is 1.85. The Kier molecular flexibility index (Phi) is 2.57. The summed E-state index contributed by atoms with van der Waals surface area (Å²) in [6, 6.07) is 0. The summed E-state index contributed by atoms with van der Waals surface area (Å²) in [6.45, 7) is 1.75. The molecule has 1 rings (SSSR count). The molecule has 1 nitrogen and oxygen atoms in total. The molecule has 0 aliphatic heterocycles. The van der Waals surface area contributed by atoms with Crippen molar-refractivity contribution in [2.24, 2.45) is 5.41 Å². The van der Waals surface area contributed by atoms with Gasteiger partial charge in [0, 0.05) is 0 Å². The van der Waals surface area contributed by atoms with Crippen LogP contribution in [0.15, 0.2) is 24.3 Å². The fourth-order valence-electron chi connectivity index (χ4n) is 0.811. The first-order valence-electron chi connectivity index (χ1n) is 3.34. The second-order valence-corrected chi connectivity index (χ2v) is 5.13. The molecule has 0 amide bonds. The maximum absolute atomic E-state index is 10.8. The van der Waals surface area contributed by atoms with Crippen molar-refractivity contribution in [2.75, 3.05) is 0 Å². The summed E-state index contributed by atoms with van der Waals surface area (Å²) in [5, 5.41) is 0. The van der Waals surface area contributed by atoms with E-state index in [1.54, 1.807) is 19.1 Å². The van der Waals surface area contributed by atoms with Gasteiger partial charge in [0.15, 0.2) is 5.78 Å². The van der Waals surface area contributed by atoms with E-state index >= 15 is 0 Å². The predicted octanol–water partition coefficient (Wildman–Crippen LogP) is 3.06. The van der Waals surface area contributed by atoms with Crippen LogP contribution in [0.4, 0.5) is 0 Å². The van der Waals surface area contributed by atoms with Gasteiger partial charge in [0.05, 0.1) is 5.41 Å². The molecule has 0 aromatic carbocycles. The van der Waals surface area contributed by atoms with Crippen LogP contribution in [-0.4, -0.2) is 9.58 Å². The summed E-state index contributed by atoms with van der Waals surface area (Å²) in [7, 11) is 0. The molecule has 0 atom stereocenters. The predicted molar refractivity (Wildman–Crippen MR) is 51.7 cm³/mol. The molecule has 1 aliphatic rings. The number of hydrogen-bond donors (Lipinski definition) is 0. The van der Waals surface area contributed by atoms with E-state index in [0.29, 0.717) is 0 Å². The van der Waals surface area contributed by atoms with Crippen molar-refractivity contribution in [3.05, 3.63) is 24.3 Å². The molecule has 0 aromatic heterocycles. The van der Waals surface area contributed by atoms with Crippen LogP contribution in [0.5, 0.6) is 0 Å². The zero-order valence-electron chi connectivity index (χ0n) is 6.35. The Morgan fingerprint density at radius 1 is 1.25 bits per heavy atom.